The number of amides is 4. The molecule has 7 saturated carbocycles. The van der Waals surface area contributed by atoms with Crippen molar-refractivity contribution in [1.29, 1.82) is 0 Å². The van der Waals surface area contributed by atoms with Crippen LogP contribution in [-0.2, 0) is 90.8 Å². The van der Waals surface area contributed by atoms with E-state index in [0.717, 1.165) is 180 Å². The summed E-state index contributed by atoms with van der Waals surface area (Å²) >= 11 is 0. The maximum atomic E-state index is 14.0. The Morgan fingerprint density at radius 3 is 0.960 bits per heavy atom. The maximum Gasteiger partial charge on any atom is 0.311 e. The van der Waals surface area contributed by atoms with E-state index in [2.05, 4.69) is 29.2 Å². The average Bonchev–Trinajstić information content (AvgIpc) is 1.72. The summed E-state index contributed by atoms with van der Waals surface area (Å²) in [7, 11) is 0. The Morgan fingerprint density at radius 1 is 0.383 bits per heavy atom. The molecule has 149 heavy (non-hydrogen) atoms. The first kappa shape index (κ1) is 130. The molecule has 848 valence electrons. The van der Waals surface area contributed by atoms with Gasteiger partial charge >= 0.3 is 53.7 Å². The second kappa shape index (κ2) is 62.6. The molecule has 40 heteroatoms. The van der Waals surface area contributed by atoms with E-state index in [9.17, 15) is 108 Å². The Hall–Kier alpha value is -9.57. The van der Waals surface area contributed by atoms with Gasteiger partial charge in [0.2, 0.25) is 46.9 Å². The van der Waals surface area contributed by atoms with Crippen molar-refractivity contribution < 1.29 is 161 Å². The number of nitrogens with zero attached hydrogens (tertiary/aromatic N) is 3. The molecule has 0 spiro atoms. The molecule has 13 rings (SSSR count). The Bertz CT molecular complexity index is 4530. The Balaban J connectivity index is 0.000000311. The summed E-state index contributed by atoms with van der Waals surface area (Å²) in [4.78, 5) is 157. The SMILES string of the molecule is CC(C)(C)OC(=O)C[C@H](N)C(O)COc1c(F)c(F)cc(F)c1F.CC(C)(C)OC(=O)C[C@H](NC(=O)C1CCN(C(=O)C2(C)CCCC2)CC1)C(O)COc1c(F)c(F)cc(F)c1F.CC1(C(=O)N2CCC(C(=O)O)CC2)CCCC1.CC1(C(=O)O)CCCC1.CCOC(=O)C1(C)CCCC1.CCOC(=O)C1CCCC1.CCOC(=O)C1CCN(C(=O)C2(C)CCCC2)CC1.CCOC(=O)C1CCNCC1.O=C(O)C1CCCC1. The van der Waals surface area contributed by atoms with Crippen LogP contribution in [0.15, 0.2) is 12.1 Å². The molecule has 11 aliphatic rings. The Labute approximate surface area is 873 Å². The first-order valence-electron chi connectivity index (χ1n) is 53.7. The van der Waals surface area contributed by atoms with Crippen LogP contribution in [0, 0.1) is 109 Å². The number of halogens is 8. The van der Waals surface area contributed by atoms with Gasteiger partial charge in [-0.15, -0.1) is 0 Å². The number of aliphatic hydroxyl groups excluding tert-OH is 2. The first-order chi connectivity index (χ1) is 69.9. The molecule has 4 saturated heterocycles. The third-order valence-corrected chi connectivity index (χ3v) is 29.5. The van der Waals surface area contributed by atoms with Crippen molar-refractivity contribution in [3.63, 3.8) is 0 Å². The quantitative estimate of drug-likeness (QED) is 0.0170. The van der Waals surface area contributed by atoms with Crippen molar-refractivity contribution in [2.75, 3.05) is 92.0 Å². The van der Waals surface area contributed by atoms with E-state index < -0.39 is 155 Å². The highest BCUT2D eigenvalue weighted by atomic mass is 19.2. The van der Waals surface area contributed by atoms with Gasteiger partial charge in [0.1, 0.15) is 36.6 Å². The van der Waals surface area contributed by atoms with E-state index in [-0.39, 0.29) is 111 Å². The zero-order valence-corrected chi connectivity index (χ0v) is 90.4. The molecule has 4 amide bonds. The van der Waals surface area contributed by atoms with Crippen LogP contribution < -0.4 is 25.8 Å². The predicted molar refractivity (Wildman–Crippen MR) is 536 cm³/mol. The van der Waals surface area contributed by atoms with Gasteiger partial charge in [-0.1, -0.05) is 111 Å². The van der Waals surface area contributed by atoms with Crippen LogP contribution in [0.5, 0.6) is 11.5 Å². The van der Waals surface area contributed by atoms with E-state index in [1.165, 1.54) is 38.5 Å². The lowest BCUT2D eigenvalue weighted by atomic mass is 9.85. The summed E-state index contributed by atoms with van der Waals surface area (Å²) in [6.45, 7) is 32.8. The van der Waals surface area contributed by atoms with E-state index in [0.29, 0.717) is 97.3 Å². The van der Waals surface area contributed by atoms with Crippen LogP contribution in [0.4, 0.5) is 35.1 Å². The lowest BCUT2D eigenvalue weighted by Gasteiger charge is -2.37. The fourth-order valence-electron chi connectivity index (χ4n) is 20.2. The van der Waals surface area contributed by atoms with Crippen molar-refractivity contribution in [2.24, 2.45) is 68.3 Å². The summed E-state index contributed by atoms with van der Waals surface area (Å²) in [5, 5.41) is 52.3. The Morgan fingerprint density at radius 2 is 0.658 bits per heavy atom. The van der Waals surface area contributed by atoms with E-state index in [1.54, 1.807) is 46.4 Å². The number of carboxylic acid groups (broad SMARTS) is 3. The number of ether oxygens (including phenoxy) is 8. The monoisotopic (exact) mass is 2130 g/mol. The number of carbonyl (C=O) groups is 13. The van der Waals surface area contributed by atoms with Crippen LogP contribution >= 0.6 is 0 Å². The minimum Gasteiger partial charge on any atom is -0.485 e. The number of piperidine rings is 4. The minimum absolute atomic E-state index is 0.00231. The lowest BCUT2D eigenvalue weighted by Crippen LogP contribution is -2.52. The molecule has 9 N–H and O–H groups in total. The summed E-state index contributed by atoms with van der Waals surface area (Å²) in [6.07, 6.45) is 30.3. The number of nitrogens with two attached hydrogens (primary N) is 1. The molecule has 32 nitrogen and oxygen atoms in total. The van der Waals surface area contributed by atoms with E-state index in [1.807, 2.05) is 58.3 Å². The zero-order valence-electron chi connectivity index (χ0n) is 90.4. The molecule has 11 fully saturated rings. The number of carbonyl (C=O) groups excluding carboxylic acids is 10. The number of likely N-dealkylation sites (tertiary alicyclic amines) is 3. The second-order valence-corrected chi connectivity index (χ2v) is 44.2. The topological polar surface area (TPSA) is 457 Å². The van der Waals surface area contributed by atoms with Gasteiger partial charge in [-0.2, -0.15) is 17.6 Å². The molecule has 0 radical (unpaired) electrons. The van der Waals surface area contributed by atoms with Gasteiger partial charge < -0.3 is 94.5 Å². The normalized spacial score (nSPS) is 20.2. The Kier molecular flexibility index (Phi) is 54.5. The van der Waals surface area contributed by atoms with Crippen molar-refractivity contribution >= 4 is 77.4 Å². The molecular weight excluding hydrogens is 1960 g/mol. The van der Waals surface area contributed by atoms with Gasteiger partial charge in [0, 0.05) is 79.6 Å². The van der Waals surface area contributed by atoms with Gasteiger partial charge in [0.05, 0.1) is 85.7 Å². The standard InChI is InChI=1S/C28H38F4N2O6.C15H19F4NO4.C15H25NO3.C13H21NO3.C9H16O2.C8H15NO2.C8H14O2.C7H12O2.C6H10O2/c1-27(2,3)40-21(36)14-19(20(35)15-39-24-22(31)17(29)13-18(30)23(24)32)33-25(37)16-7-11-34(12-8-16)26(38)28(4)9-5-6-10-28;1-15(2,3)24-11(22)5-9(20)10(21)6-23-14-12(18)7(16)4-8(17)13(14)19;1-3-19-13(17)12-6-10-16(11-7-12)14(18)15(2)8-4-5-9-15;1-13(6-2-3-7-13)12(17)14-8-4-10(5-9-14)11(15)16;1-3-11-8(10)9(2)6-4-5-7-9;1-2-11-8(10)7-3-5-9-6-4-7;1-2-10-8(9)7-5-3-4-6-7;1-7(6(8)9)4-2-3-5-7;7-6(8)5-3-1-2-4-5/h13,16,19-20,35H,5-12,14-15H2,1-4H3,(H,33,37);4,9-10,21H,5-6,20H2,1-3H3;12H,3-11H2,1-2H3;10H,2-9H2,1H3,(H,15,16);3-7H2,1-2H3;7,9H,2-6H2,1H3;7H,2-6H2,1H3;2-5H2,1H3,(H,8,9);5H,1-4H2,(H,7,8)/t19-,20?;9-,10?;;;;;;;/m00......./s1. The number of esters is 6. The number of benzene rings is 2. The largest absolute Gasteiger partial charge is 0.485 e. The zero-order chi connectivity index (χ0) is 112. The molecule has 4 aliphatic heterocycles. The first-order valence-corrected chi connectivity index (χ1v) is 53.7. The molecule has 4 heterocycles. The lowest BCUT2D eigenvalue weighted by molar-refractivity contribution is -0.157. The highest BCUT2D eigenvalue weighted by Crippen LogP contribution is 2.45. The molecule has 2 aromatic rings. The van der Waals surface area contributed by atoms with Crippen molar-refractivity contribution in [3.05, 3.63) is 58.7 Å². The van der Waals surface area contributed by atoms with Crippen molar-refractivity contribution in [2.45, 2.75) is 383 Å². The minimum atomic E-state index is -1.79. The fourth-order valence-corrected chi connectivity index (χ4v) is 20.2. The molecule has 4 atom stereocenters. The number of rotatable bonds is 28. The molecule has 0 aromatic heterocycles. The second-order valence-electron chi connectivity index (χ2n) is 44.2. The smallest absolute Gasteiger partial charge is 0.311 e. The van der Waals surface area contributed by atoms with Crippen LogP contribution in [0.3, 0.4) is 0 Å². The van der Waals surface area contributed by atoms with Crippen molar-refractivity contribution in [1.82, 2.24) is 25.3 Å². The van der Waals surface area contributed by atoms with Crippen LogP contribution in [-0.4, -0.2) is 245 Å². The number of nitrogens with one attached hydrogen (secondary N) is 2. The molecule has 0 bridgehead atoms. The van der Waals surface area contributed by atoms with Gasteiger partial charge in [-0.05, 0) is 237 Å². The third-order valence-electron chi connectivity index (χ3n) is 29.5. The van der Waals surface area contributed by atoms with Gasteiger partial charge in [0.15, 0.2) is 34.8 Å². The fraction of sp³-hybridized carbons (Fsp3) is 0.771. The number of aliphatic hydroxyl groups is 2. The van der Waals surface area contributed by atoms with Crippen LogP contribution in [0.25, 0.3) is 0 Å². The molecule has 2 aromatic carbocycles. The molecule has 2 unspecified atom stereocenters. The maximum absolute atomic E-state index is 14.0. The molecular formula is C109H170F8N6O26. The third kappa shape index (κ3) is 42.8. The van der Waals surface area contributed by atoms with Crippen LogP contribution in [0.2, 0.25) is 0 Å². The van der Waals surface area contributed by atoms with E-state index >= 15 is 0 Å². The van der Waals surface area contributed by atoms with Crippen molar-refractivity contribution in [3.8, 4) is 11.5 Å². The van der Waals surface area contributed by atoms with Gasteiger partial charge in [-0.25, -0.2) is 17.6 Å². The van der Waals surface area contributed by atoms with E-state index in [4.69, 9.17) is 54.2 Å². The average molecular weight is 2130 g/mol. The summed E-state index contributed by atoms with van der Waals surface area (Å²) in [6, 6.07) is -2.41. The summed E-state index contributed by atoms with van der Waals surface area (Å²) in [5.74, 6) is -20.2. The number of aliphatic carboxylic acids is 3. The number of hydrogen-bond donors (Lipinski definition) is 8. The highest BCUT2D eigenvalue weighted by Gasteiger charge is 2.46. The summed E-state index contributed by atoms with van der Waals surface area (Å²) in [5.41, 5.74) is 2.72. The van der Waals surface area contributed by atoms with Crippen LogP contribution in [0.1, 0.15) is 348 Å². The highest BCUT2D eigenvalue weighted by molar-refractivity contribution is 5.86. The summed E-state index contributed by atoms with van der Waals surface area (Å²) < 4.78 is 147. The number of carboxylic acids is 3. The molecule has 7 aliphatic carbocycles. The predicted octanol–water partition coefficient (Wildman–Crippen LogP) is 17.6. The van der Waals surface area contributed by atoms with Gasteiger partial charge in [0.25, 0.3) is 0 Å². The van der Waals surface area contributed by atoms with Gasteiger partial charge in [-0.3, -0.25) is 62.3 Å². The number of hydrogen-bond acceptors (Lipinski definition) is 25.